The van der Waals surface area contributed by atoms with Gasteiger partial charge in [0.25, 0.3) is 0 Å². The second-order valence-corrected chi connectivity index (χ2v) is 6.44. The van der Waals surface area contributed by atoms with Gasteiger partial charge in [-0.25, -0.2) is 4.79 Å². The first kappa shape index (κ1) is 17.9. The quantitative estimate of drug-likeness (QED) is 0.778. The molecule has 126 valence electrons. The molecule has 23 heavy (non-hydrogen) atoms. The third-order valence-corrected chi connectivity index (χ3v) is 4.64. The van der Waals surface area contributed by atoms with Crippen molar-refractivity contribution in [2.45, 2.75) is 24.3 Å². The van der Waals surface area contributed by atoms with Crippen LogP contribution in [0.4, 0.5) is 0 Å². The van der Waals surface area contributed by atoms with Crippen LogP contribution in [0.25, 0.3) is 0 Å². The molecule has 1 unspecified atom stereocenters. The Balaban J connectivity index is 2.28. The van der Waals surface area contributed by atoms with Gasteiger partial charge >= 0.3 is 5.97 Å². The molecule has 0 aromatic heterocycles. The number of halogens is 1. The molecule has 1 fully saturated rings. The van der Waals surface area contributed by atoms with Crippen molar-refractivity contribution < 1.29 is 24.2 Å². The number of carboxylic acid groups (broad SMARTS) is 1. The van der Waals surface area contributed by atoms with Crippen LogP contribution in [0, 0.1) is 0 Å². The maximum atomic E-state index is 12.9. The Hall–Kier alpha value is -1.44. The molecule has 2 rings (SSSR count). The number of benzene rings is 1. The summed E-state index contributed by atoms with van der Waals surface area (Å²) in [6, 6.07) is 6.47. The van der Waals surface area contributed by atoms with Gasteiger partial charge < -0.3 is 19.9 Å². The number of nitrogens with one attached hydrogen (secondary N) is 1. The van der Waals surface area contributed by atoms with Crippen molar-refractivity contribution >= 4 is 27.8 Å². The molecule has 0 spiro atoms. The lowest BCUT2D eigenvalue weighted by molar-refractivity contribution is -0.145. The highest BCUT2D eigenvalue weighted by molar-refractivity contribution is 9.10. The van der Waals surface area contributed by atoms with Crippen LogP contribution >= 0.6 is 15.9 Å². The first-order valence-electron chi connectivity index (χ1n) is 7.36. The van der Waals surface area contributed by atoms with Gasteiger partial charge in [0.15, 0.2) is 6.04 Å². The second-order valence-electron chi connectivity index (χ2n) is 5.52. The molecule has 0 radical (unpaired) electrons. The average Bonchev–Trinajstić information content (AvgIpc) is 2.55. The molecule has 7 heteroatoms. The Labute approximate surface area is 143 Å². The summed E-state index contributed by atoms with van der Waals surface area (Å²) in [5.41, 5.74) is 0.0866. The summed E-state index contributed by atoms with van der Waals surface area (Å²) in [7, 11) is 1.40. The van der Waals surface area contributed by atoms with Gasteiger partial charge in [0, 0.05) is 24.8 Å². The highest BCUT2D eigenvalue weighted by Crippen LogP contribution is 2.36. The van der Waals surface area contributed by atoms with E-state index in [9.17, 15) is 14.7 Å². The lowest BCUT2D eigenvalue weighted by Gasteiger charge is -2.37. The molecule has 6 nitrogen and oxygen atoms in total. The molecular weight excluding hydrogens is 366 g/mol. The zero-order valence-corrected chi connectivity index (χ0v) is 14.5. The molecule has 1 heterocycles. The van der Waals surface area contributed by atoms with Crippen molar-refractivity contribution in [3.8, 4) is 0 Å². The predicted molar refractivity (Wildman–Crippen MR) is 87.3 cm³/mol. The van der Waals surface area contributed by atoms with Crippen LogP contribution in [-0.2, 0) is 24.5 Å². The summed E-state index contributed by atoms with van der Waals surface area (Å²) in [6.45, 7) is 0.852. The number of ether oxygens (including phenoxy) is 2. The first-order valence-corrected chi connectivity index (χ1v) is 8.15. The van der Waals surface area contributed by atoms with Crippen LogP contribution in [0.15, 0.2) is 28.7 Å². The Morgan fingerprint density at radius 2 is 1.96 bits per heavy atom. The molecule has 1 aromatic rings. The third kappa shape index (κ3) is 4.10. The predicted octanol–water partition coefficient (Wildman–Crippen LogP) is 1.71. The molecule has 0 saturated carbocycles. The molecule has 1 atom stereocenters. The topological polar surface area (TPSA) is 84.9 Å². The number of aliphatic carboxylic acids is 1. The van der Waals surface area contributed by atoms with Gasteiger partial charge in [-0.05, 0) is 30.5 Å². The number of hydrogen-bond acceptors (Lipinski definition) is 4. The number of amides is 1. The fourth-order valence-corrected chi connectivity index (χ4v) is 3.04. The first-order chi connectivity index (χ1) is 11.0. The smallest absolute Gasteiger partial charge is 0.328 e. The molecule has 0 aliphatic carbocycles. The number of methoxy groups -OCH3 is 1. The van der Waals surface area contributed by atoms with Crippen molar-refractivity contribution in [2.75, 3.05) is 26.9 Å². The zero-order valence-electron chi connectivity index (χ0n) is 12.9. The number of carbonyl (C=O) groups is 2. The van der Waals surface area contributed by atoms with Crippen molar-refractivity contribution in [1.82, 2.24) is 5.32 Å². The van der Waals surface area contributed by atoms with Crippen molar-refractivity contribution in [3.63, 3.8) is 0 Å². The van der Waals surface area contributed by atoms with Crippen molar-refractivity contribution in [2.24, 2.45) is 0 Å². The number of carboxylic acids is 1. The monoisotopic (exact) mass is 385 g/mol. The van der Waals surface area contributed by atoms with E-state index in [1.807, 2.05) is 24.3 Å². The Morgan fingerprint density at radius 1 is 1.35 bits per heavy atom. The standard InChI is InChI=1S/C16H20BrNO5/c1-22-10-13(14(19)20)18-15(21)16(6-8-23-9-7-16)11-2-4-12(17)5-3-11/h2-5,13H,6-10H2,1H3,(H,18,21)(H,19,20). The highest BCUT2D eigenvalue weighted by Gasteiger charge is 2.43. The zero-order chi connectivity index (χ0) is 16.9. The van der Waals surface area contributed by atoms with E-state index in [1.54, 1.807) is 0 Å². The average molecular weight is 386 g/mol. The van der Waals surface area contributed by atoms with E-state index < -0.39 is 17.4 Å². The van der Waals surface area contributed by atoms with Gasteiger partial charge in [-0.2, -0.15) is 0 Å². The Morgan fingerprint density at radius 3 is 2.48 bits per heavy atom. The van der Waals surface area contributed by atoms with Crippen LogP contribution in [0.2, 0.25) is 0 Å². The van der Waals surface area contributed by atoms with E-state index in [0.29, 0.717) is 26.1 Å². The van der Waals surface area contributed by atoms with Crippen molar-refractivity contribution in [3.05, 3.63) is 34.3 Å². The van der Waals surface area contributed by atoms with Gasteiger partial charge in [0.2, 0.25) is 5.91 Å². The lowest BCUT2D eigenvalue weighted by Crippen LogP contribution is -2.54. The molecule has 1 amide bonds. The van der Waals surface area contributed by atoms with E-state index in [4.69, 9.17) is 9.47 Å². The number of carbonyl (C=O) groups excluding carboxylic acids is 1. The second kappa shape index (κ2) is 7.90. The Kier molecular flexibility index (Phi) is 6.15. The molecule has 1 aromatic carbocycles. The van der Waals surface area contributed by atoms with Crippen LogP contribution in [0.5, 0.6) is 0 Å². The van der Waals surface area contributed by atoms with E-state index in [1.165, 1.54) is 7.11 Å². The summed E-state index contributed by atoms with van der Waals surface area (Å²) in [6.07, 6.45) is 1.03. The summed E-state index contributed by atoms with van der Waals surface area (Å²) >= 11 is 3.38. The van der Waals surface area contributed by atoms with E-state index in [0.717, 1.165) is 10.0 Å². The molecular formula is C16H20BrNO5. The minimum Gasteiger partial charge on any atom is -0.480 e. The summed E-state index contributed by atoms with van der Waals surface area (Å²) < 4.78 is 11.2. The van der Waals surface area contributed by atoms with Gasteiger partial charge in [-0.15, -0.1) is 0 Å². The Bertz CT molecular complexity index is 554. The van der Waals surface area contributed by atoms with E-state index >= 15 is 0 Å². The van der Waals surface area contributed by atoms with E-state index in [2.05, 4.69) is 21.2 Å². The maximum Gasteiger partial charge on any atom is 0.328 e. The van der Waals surface area contributed by atoms with Crippen molar-refractivity contribution in [1.29, 1.82) is 0 Å². The molecule has 1 saturated heterocycles. The summed E-state index contributed by atoms with van der Waals surface area (Å²) in [4.78, 5) is 24.2. The maximum absolute atomic E-state index is 12.9. The fraction of sp³-hybridized carbons (Fsp3) is 0.500. The number of rotatable bonds is 6. The van der Waals surface area contributed by atoms with Crippen LogP contribution < -0.4 is 5.32 Å². The SMILES string of the molecule is COCC(NC(=O)C1(c2ccc(Br)cc2)CCOCC1)C(=O)O. The molecule has 2 N–H and O–H groups in total. The molecule has 0 bridgehead atoms. The summed E-state index contributed by atoms with van der Waals surface area (Å²) in [5.74, 6) is -1.41. The molecule has 1 aliphatic heterocycles. The van der Waals surface area contributed by atoms with Crippen LogP contribution in [0.1, 0.15) is 18.4 Å². The van der Waals surface area contributed by atoms with Gasteiger partial charge in [0.05, 0.1) is 12.0 Å². The van der Waals surface area contributed by atoms with Gasteiger partial charge in [0.1, 0.15) is 0 Å². The fourth-order valence-electron chi connectivity index (χ4n) is 2.77. The molecule has 1 aliphatic rings. The van der Waals surface area contributed by atoms with E-state index in [-0.39, 0.29) is 12.5 Å². The van der Waals surface area contributed by atoms with Gasteiger partial charge in [-0.3, -0.25) is 4.79 Å². The van der Waals surface area contributed by atoms with Crippen LogP contribution in [-0.4, -0.2) is 50.0 Å². The third-order valence-electron chi connectivity index (χ3n) is 4.11. The van der Waals surface area contributed by atoms with Crippen LogP contribution in [0.3, 0.4) is 0 Å². The lowest BCUT2D eigenvalue weighted by atomic mass is 9.73. The number of hydrogen-bond donors (Lipinski definition) is 2. The minimum atomic E-state index is -1.11. The minimum absolute atomic E-state index is 0.0754. The summed E-state index contributed by atoms with van der Waals surface area (Å²) in [5, 5.41) is 11.8. The van der Waals surface area contributed by atoms with Gasteiger partial charge in [-0.1, -0.05) is 28.1 Å². The largest absolute Gasteiger partial charge is 0.480 e. The normalized spacial score (nSPS) is 18.2. The highest BCUT2D eigenvalue weighted by atomic mass is 79.9.